The molecule has 0 fully saturated rings. The molecule has 1 aromatic rings. The van der Waals surface area contributed by atoms with Gasteiger partial charge in [-0.3, -0.25) is 5.41 Å². The fraction of sp³-hybridized carbons (Fsp3) is 0.222. The van der Waals surface area contributed by atoms with E-state index >= 15 is 0 Å². The van der Waals surface area contributed by atoms with Crippen LogP contribution in [0.25, 0.3) is 0 Å². The molecule has 0 amide bonds. The molecule has 12 heavy (non-hydrogen) atoms. The van der Waals surface area contributed by atoms with Gasteiger partial charge in [-0.15, -0.1) is 11.6 Å². The summed E-state index contributed by atoms with van der Waals surface area (Å²) in [5.41, 5.74) is 1.82. The zero-order valence-corrected chi connectivity index (χ0v) is 7.56. The molecule has 0 saturated heterocycles. The van der Waals surface area contributed by atoms with Crippen molar-refractivity contribution in [3.8, 4) is 0 Å². The maximum Gasteiger partial charge on any atom is 0.212 e. The SMILES string of the molecule is COC(=N)c1ccc(CCl)cc1. The lowest BCUT2D eigenvalue weighted by Gasteiger charge is -2.01. The lowest BCUT2D eigenvalue weighted by atomic mass is 10.1. The number of benzene rings is 1. The van der Waals surface area contributed by atoms with Gasteiger partial charge in [0.25, 0.3) is 0 Å². The van der Waals surface area contributed by atoms with Crippen LogP contribution in [0.4, 0.5) is 0 Å². The Hall–Kier alpha value is -1.02. The van der Waals surface area contributed by atoms with Crippen LogP contribution in [0, 0.1) is 5.41 Å². The first-order valence-electron chi connectivity index (χ1n) is 3.55. The van der Waals surface area contributed by atoms with Gasteiger partial charge in [0, 0.05) is 11.4 Å². The molecule has 64 valence electrons. The van der Waals surface area contributed by atoms with E-state index in [1.165, 1.54) is 7.11 Å². The van der Waals surface area contributed by atoms with Crippen molar-refractivity contribution < 1.29 is 4.74 Å². The standard InChI is InChI=1S/C9H10ClNO/c1-12-9(11)8-4-2-7(6-10)3-5-8/h2-5,11H,6H2,1H3. The second-order valence-corrected chi connectivity index (χ2v) is 2.63. The third-order valence-corrected chi connectivity index (χ3v) is 1.88. The van der Waals surface area contributed by atoms with E-state index in [1.807, 2.05) is 24.3 Å². The smallest absolute Gasteiger partial charge is 0.212 e. The molecule has 0 aliphatic rings. The Morgan fingerprint density at radius 3 is 2.42 bits per heavy atom. The van der Waals surface area contributed by atoms with Crippen LogP contribution < -0.4 is 0 Å². The lowest BCUT2D eigenvalue weighted by molar-refractivity contribution is 0.401. The van der Waals surface area contributed by atoms with Crippen molar-refractivity contribution in [1.29, 1.82) is 5.41 Å². The van der Waals surface area contributed by atoms with Gasteiger partial charge in [-0.25, -0.2) is 0 Å². The number of hydrogen-bond acceptors (Lipinski definition) is 2. The van der Waals surface area contributed by atoms with Crippen molar-refractivity contribution in [2.45, 2.75) is 5.88 Å². The minimum Gasteiger partial charge on any atom is -0.481 e. The van der Waals surface area contributed by atoms with Gasteiger partial charge < -0.3 is 4.74 Å². The molecule has 1 aromatic carbocycles. The van der Waals surface area contributed by atoms with Crippen molar-refractivity contribution in [1.82, 2.24) is 0 Å². The van der Waals surface area contributed by atoms with E-state index in [1.54, 1.807) is 0 Å². The highest BCUT2D eigenvalue weighted by molar-refractivity contribution is 6.17. The van der Waals surface area contributed by atoms with Crippen molar-refractivity contribution >= 4 is 17.5 Å². The zero-order chi connectivity index (χ0) is 8.97. The summed E-state index contributed by atoms with van der Waals surface area (Å²) in [5.74, 6) is 0.678. The Labute approximate surface area is 76.6 Å². The summed E-state index contributed by atoms with van der Waals surface area (Å²) in [6.45, 7) is 0. The molecule has 2 nitrogen and oxygen atoms in total. The second-order valence-electron chi connectivity index (χ2n) is 2.36. The summed E-state index contributed by atoms with van der Waals surface area (Å²) in [4.78, 5) is 0. The van der Waals surface area contributed by atoms with Gasteiger partial charge in [-0.05, 0) is 17.7 Å². The Kier molecular flexibility index (Phi) is 3.11. The van der Waals surface area contributed by atoms with E-state index in [0.717, 1.165) is 11.1 Å². The van der Waals surface area contributed by atoms with E-state index in [9.17, 15) is 0 Å². The van der Waals surface area contributed by atoms with Crippen LogP contribution in [0.3, 0.4) is 0 Å². The lowest BCUT2D eigenvalue weighted by Crippen LogP contribution is -2.00. The highest BCUT2D eigenvalue weighted by atomic mass is 35.5. The molecular formula is C9H10ClNO. The minimum absolute atomic E-state index is 0.177. The maximum atomic E-state index is 7.35. The number of methoxy groups -OCH3 is 1. The maximum absolute atomic E-state index is 7.35. The topological polar surface area (TPSA) is 33.1 Å². The molecule has 0 unspecified atom stereocenters. The van der Waals surface area contributed by atoms with Crippen LogP contribution in [0.2, 0.25) is 0 Å². The molecule has 0 heterocycles. The van der Waals surface area contributed by atoms with Gasteiger partial charge in [0.05, 0.1) is 7.11 Å². The van der Waals surface area contributed by atoms with Gasteiger partial charge in [-0.1, -0.05) is 12.1 Å². The van der Waals surface area contributed by atoms with Crippen molar-refractivity contribution in [2.24, 2.45) is 0 Å². The molecule has 0 aliphatic carbocycles. The van der Waals surface area contributed by atoms with Gasteiger partial charge in [0.1, 0.15) is 0 Å². The molecule has 0 aromatic heterocycles. The van der Waals surface area contributed by atoms with Crippen LogP contribution in [-0.4, -0.2) is 13.0 Å². The van der Waals surface area contributed by atoms with Gasteiger partial charge >= 0.3 is 0 Å². The molecule has 1 N–H and O–H groups in total. The minimum atomic E-state index is 0.177. The van der Waals surface area contributed by atoms with E-state index in [0.29, 0.717) is 5.88 Å². The fourth-order valence-corrected chi connectivity index (χ4v) is 1.04. The first-order chi connectivity index (χ1) is 5.77. The summed E-state index contributed by atoms with van der Waals surface area (Å²) in [5, 5.41) is 7.35. The molecule has 3 heteroatoms. The van der Waals surface area contributed by atoms with Crippen LogP contribution in [0.15, 0.2) is 24.3 Å². The van der Waals surface area contributed by atoms with E-state index in [-0.39, 0.29) is 5.90 Å². The van der Waals surface area contributed by atoms with Gasteiger partial charge in [0.2, 0.25) is 5.90 Å². The highest BCUT2D eigenvalue weighted by Gasteiger charge is 1.98. The Bertz CT molecular complexity index is 268. The molecule has 0 saturated carbocycles. The Morgan fingerprint density at radius 2 is 2.00 bits per heavy atom. The third-order valence-electron chi connectivity index (χ3n) is 1.57. The average molecular weight is 184 g/mol. The largest absolute Gasteiger partial charge is 0.481 e. The number of halogens is 1. The van der Waals surface area contributed by atoms with Gasteiger partial charge in [0.15, 0.2) is 0 Å². The van der Waals surface area contributed by atoms with Crippen LogP contribution in [0.1, 0.15) is 11.1 Å². The quantitative estimate of drug-likeness (QED) is 0.426. The number of nitrogens with one attached hydrogen (secondary N) is 1. The van der Waals surface area contributed by atoms with Crippen LogP contribution >= 0.6 is 11.6 Å². The first-order valence-corrected chi connectivity index (χ1v) is 4.09. The number of ether oxygens (including phenoxy) is 1. The van der Waals surface area contributed by atoms with Crippen LogP contribution in [0.5, 0.6) is 0 Å². The predicted molar refractivity (Wildman–Crippen MR) is 49.8 cm³/mol. The molecule has 0 atom stereocenters. The van der Waals surface area contributed by atoms with Crippen molar-refractivity contribution in [3.05, 3.63) is 35.4 Å². The number of alkyl halides is 1. The zero-order valence-electron chi connectivity index (χ0n) is 6.80. The Morgan fingerprint density at radius 1 is 1.42 bits per heavy atom. The van der Waals surface area contributed by atoms with Crippen molar-refractivity contribution in [2.75, 3.05) is 7.11 Å². The summed E-state index contributed by atoms with van der Waals surface area (Å²) in [7, 11) is 1.48. The third kappa shape index (κ3) is 1.98. The molecule has 0 radical (unpaired) electrons. The number of hydrogen-bond donors (Lipinski definition) is 1. The van der Waals surface area contributed by atoms with Crippen LogP contribution in [-0.2, 0) is 10.6 Å². The number of rotatable bonds is 2. The molecule has 0 bridgehead atoms. The second kappa shape index (κ2) is 4.12. The average Bonchev–Trinajstić information content (AvgIpc) is 2.17. The molecule has 1 rings (SSSR count). The fourth-order valence-electron chi connectivity index (χ4n) is 0.863. The first kappa shape index (κ1) is 9.07. The predicted octanol–water partition coefficient (Wildman–Crippen LogP) is 2.40. The molecule has 0 aliphatic heterocycles. The van der Waals surface area contributed by atoms with E-state index in [2.05, 4.69) is 0 Å². The van der Waals surface area contributed by atoms with E-state index in [4.69, 9.17) is 21.7 Å². The summed E-state index contributed by atoms with van der Waals surface area (Å²) in [6, 6.07) is 7.42. The summed E-state index contributed by atoms with van der Waals surface area (Å²) in [6.07, 6.45) is 0. The monoisotopic (exact) mass is 183 g/mol. The van der Waals surface area contributed by atoms with E-state index < -0.39 is 0 Å². The molecule has 0 spiro atoms. The highest BCUT2D eigenvalue weighted by Crippen LogP contribution is 2.07. The summed E-state index contributed by atoms with van der Waals surface area (Å²) < 4.78 is 4.76. The van der Waals surface area contributed by atoms with Crippen molar-refractivity contribution in [3.63, 3.8) is 0 Å². The molecular weight excluding hydrogens is 174 g/mol. The normalized spacial score (nSPS) is 9.50. The van der Waals surface area contributed by atoms with Gasteiger partial charge in [-0.2, -0.15) is 0 Å². The summed E-state index contributed by atoms with van der Waals surface area (Å²) >= 11 is 5.61. The Balaban J connectivity index is 2.84.